The fraction of sp³-hybridized carbons (Fsp3) is 0.333. The average Bonchev–Trinajstić information content (AvgIpc) is 3.25. The van der Waals surface area contributed by atoms with Crippen molar-refractivity contribution in [3.8, 4) is 6.07 Å². The molecule has 1 aromatic carbocycles. The van der Waals surface area contributed by atoms with Gasteiger partial charge in [0.25, 0.3) is 0 Å². The lowest BCUT2D eigenvalue weighted by atomic mass is 9.88. The van der Waals surface area contributed by atoms with Gasteiger partial charge in [0.1, 0.15) is 12.1 Å². The lowest BCUT2D eigenvalue weighted by Crippen LogP contribution is -2.38. The third kappa shape index (κ3) is 2.69. The predicted octanol–water partition coefficient (Wildman–Crippen LogP) is 3.19. The van der Waals surface area contributed by atoms with Crippen LogP contribution in [0.25, 0.3) is 11.0 Å². The van der Waals surface area contributed by atoms with E-state index in [-0.39, 0.29) is 5.54 Å². The molecule has 6 nitrogen and oxygen atoms in total. The van der Waals surface area contributed by atoms with E-state index < -0.39 is 0 Å². The van der Waals surface area contributed by atoms with E-state index in [0.717, 1.165) is 36.1 Å². The van der Waals surface area contributed by atoms with Gasteiger partial charge in [-0.15, -0.1) is 0 Å². The molecule has 0 spiro atoms. The molecular formula is C18H18N6. The van der Waals surface area contributed by atoms with E-state index in [2.05, 4.69) is 37.6 Å². The molecule has 2 aromatic heterocycles. The van der Waals surface area contributed by atoms with Crippen LogP contribution < -0.4 is 5.32 Å². The van der Waals surface area contributed by atoms with Crippen molar-refractivity contribution in [2.24, 2.45) is 0 Å². The van der Waals surface area contributed by atoms with Crippen molar-refractivity contribution in [1.29, 1.82) is 5.26 Å². The van der Waals surface area contributed by atoms with Gasteiger partial charge in [0.2, 0.25) is 0 Å². The maximum Gasteiger partial charge on any atom is 0.160 e. The fourth-order valence-corrected chi connectivity index (χ4v) is 3.66. The molecular weight excluding hydrogens is 300 g/mol. The molecule has 2 N–H and O–H groups in total. The first-order valence-corrected chi connectivity index (χ1v) is 8.19. The highest BCUT2D eigenvalue weighted by Gasteiger charge is 2.34. The summed E-state index contributed by atoms with van der Waals surface area (Å²) in [5.41, 5.74) is 2.60. The number of nitriles is 1. The van der Waals surface area contributed by atoms with Crippen molar-refractivity contribution >= 4 is 16.9 Å². The standard InChI is InChI=1S/C18H18N6/c19-10-14-5-3-4-13(8-14)9-18(6-1-2-7-18)23-16-15-11-22-24-17(15)21-12-20-16/h3-5,8,11-12H,1-2,6-7,9H2,(H2,20,21,22,23,24). The predicted molar refractivity (Wildman–Crippen MR) is 91.4 cm³/mol. The summed E-state index contributed by atoms with van der Waals surface area (Å²) in [6.45, 7) is 0. The Labute approximate surface area is 139 Å². The lowest BCUT2D eigenvalue weighted by Gasteiger charge is -2.31. The summed E-state index contributed by atoms with van der Waals surface area (Å²) in [5.74, 6) is 0.826. The molecule has 0 amide bonds. The lowest BCUT2D eigenvalue weighted by molar-refractivity contribution is 0.477. The monoisotopic (exact) mass is 318 g/mol. The summed E-state index contributed by atoms with van der Waals surface area (Å²) in [7, 11) is 0. The van der Waals surface area contributed by atoms with Crippen molar-refractivity contribution in [3.63, 3.8) is 0 Å². The first-order chi connectivity index (χ1) is 11.8. The molecule has 0 atom stereocenters. The molecule has 1 aliphatic carbocycles. The van der Waals surface area contributed by atoms with Crippen molar-refractivity contribution in [3.05, 3.63) is 47.9 Å². The maximum absolute atomic E-state index is 9.12. The first kappa shape index (κ1) is 14.6. The highest BCUT2D eigenvalue weighted by Crippen LogP contribution is 2.36. The number of anilines is 1. The van der Waals surface area contributed by atoms with E-state index in [0.29, 0.717) is 5.56 Å². The second-order valence-electron chi connectivity index (χ2n) is 6.46. The second-order valence-corrected chi connectivity index (χ2v) is 6.46. The Bertz CT molecular complexity index is 901. The molecule has 0 radical (unpaired) electrons. The van der Waals surface area contributed by atoms with Crippen LogP contribution in [0.3, 0.4) is 0 Å². The molecule has 3 aromatic rings. The fourth-order valence-electron chi connectivity index (χ4n) is 3.66. The van der Waals surface area contributed by atoms with Crippen LogP contribution in [0.15, 0.2) is 36.8 Å². The zero-order valence-electron chi connectivity index (χ0n) is 13.3. The molecule has 1 saturated carbocycles. The van der Waals surface area contributed by atoms with E-state index in [4.69, 9.17) is 5.26 Å². The van der Waals surface area contributed by atoms with Gasteiger partial charge in [-0.2, -0.15) is 10.4 Å². The smallest absolute Gasteiger partial charge is 0.160 e. The minimum Gasteiger partial charge on any atom is -0.364 e. The third-order valence-corrected chi connectivity index (χ3v) is 4.79. The maximum atomic E-state index is 9.12. The average molecular weight is 318 g/mol. The van der Waals surface area contributed by atoms with Crippen LogP contribution >= 0.6 is 0 Å². The number of hydrogen-bond donors (Lipinski definition) is 2. The van der Waals surface area contributed by atoms with Crippen LogP contribution in [0.1, 0.15) is 36.8 Å². The number of aromatic amines is 1. The van der Waals surface area contributed by atoms with Crippen molar-refractivity contribution in [2.75, 3.05) is 5.32 Å². The van der Waals surface area contributed by atoms with E-state index in [1.807, 2.05) is 18.2 Å². The van der Waals surface area contributed by atoms with Crippen molar-refractivity contribution < 1.29 is 0 Å². The number of benzene rings is 1. The Kier molecular flexibility index (Phi) is 3.62. The van der Waals surface area contributed by atoms with Crippen molar-refractivity contribution in [1.82, 2.24) is 20.2 Å². The van der Waals surface area contributed by atoms with Gasteiger partial charge in [0.15, 0.2) is 5.65 Å². The first-order valence-electron chi connectivity index (χ1n) is 8.19. The van der Waals surface area contributed by atoms with Crippen LogP contribution in [-0.4, -0.2) is 25.7 Å². The zero-order valence-corrected chi connectivity index (χ0v) is 13.3. The molecule has 2 heterocycles. The Morgan fingerprint density at radius 2 is 2.12 bits per heavy atom. The molecule has 4 rings (SSSR count). The summed E-state index contributed by atoms with van der Waals surface area (Å²) in [5, 5.41) is 20.7. The summed E-state index contributed by atoms with van der Waals surface area (Å²) < 4.78 is 0. The molecule has 1 aliphatic rings. The van der Waals surface area contributed by atoms with E-state index >= 15 is 0 Å². The molecule has 0 bridgehead atoms. The minimum absolute atomic E-state index is 0.0351. The molecule has 0 unspecified atom stereocenters. The number of rotatable bonds is 4. The Morgan fingerprint density at radius 1 is 1.25 bits per heavy atom. The van der Waals surface area contributed by atoms with Gasteiger partial charge < -0.3 is 5.32 Å². The largest absolute Gasteiger partial charge is 0.364 e. The summed E-state index contributed by atoms with van der Waals surface area (Å²) >= 11 is 0. The molecule has 6 heteroatoms. The van der Waals surface area contributed by atoms with Gasteiger partial charge in [-0.1, -0.05) is 25.0 Å². The molecule has 24 heavy (non-hydrogen) atoms. The topological polar surface area (TPSA) is 90.3 Å². The van der Waals surface area contributed by atoms with E-state index in [1.165, 1.54) is 18.4 Å². The van der Waals surface area contributed by atoms with Crippen LogP contribution in [0, 0.1) is 11.3 Å². The summed E-state index contributed by atoms with van der Waals surface area (Å²) in [6.07, 6.45) is 8.78. The van der Waals surface area contributed by atoms with Crippen LogP contribution in [0.5, 0.6) is 0 Å². The van der Waals surface area contributed by atoms with Crippen molar-refractivity contribution in [2.45, 2.75) is 37.6 Å². The van der Waals surface area contributed by atoms with Crippen LogP contribution in [0.2, 0.25) is 0 Å². The van der Waals surface area contributed by atoms with Gasteiger partial charge >= 0.3 is 0 Å². The summed E-state index contributed by atoms with van der Waals surface area (Å²) in [6, 6.07) is 10.1. The second kappa shape index (κ2) is 5.93. The van der Waals surface area contributed by atoms with Gasteiger partial charge in [-0.3, -0.25) is 5.10 Å². The number of H-pyrrole nitrogens is 1. The SMILES string of the molecule is N#Cc1cccc(CC2(Nc3ncnc4[nH]ncc34)CCCC2)c1. The van der Waals surface area contributed by atoms with Gasteiger partial charge in [0.05, 0.1) is 23.2 Å². The molecule has 120 valence electrons. The third-order valence-electron chi connectivity index (χ3n) is 4.79. The van der Waals surface area contributed by atoms with Gasteiger partial charge in [-0.25, -0.2) is 9.97 Å². The number of nitrogens with zero attached hydrogens (tertiary/aromatic N) is 4. The van der Waals surface area contributed by atoms with E-state index in [9.17, 15) is 0 Å². The van der Waals surface area contributed by atoms with Gasteiger partial charge in [0, 0.05) is 5.54 Å². The molecule has 1 fully saturated rings. The molecule has 0 saturated heterocycles. The summed E-state index contributed by atoms with van der Waals surface area (Å²) in [4.78, 5) is 8.63. The van der Waals surface area contributed by atoms with Gasteiger partial charge in [-0.05, 0) is 37.0 Å². The number of fused-ring (bicyclic) bond motifs is 1. The number of nitrogens with one attached hydrogen (secondary N) is 2. The number of aromatic nitrogens is 4. The van der Waals surface area contributed by atoms with Crippen LogP contribution in [0.4, 0.5) is 5.82 Å². The minimum atomic E-state index is -0.0351. The van der Waals surface area contributed by atoms with E-state index in [1.54, 1.807) is 12.5 Å². The number of hydrogen-bond acceptors (Lipinski definition) is 5. The highest BCUT2D eigenvalue weighted by atomic mass is 15.2. The highest BCUT2D eigenvalue weighted by molar-refractivity contribution is 5.85. The zero-order chi connectivity index (χ0) is 16.4. The normalized spacial score (nSPS) is 16.1. The quantitative estimate of drug-likeness (QED) is 0.771. The Morgan fingerprint density at radius 3 is 2.96 bits per heavy atom. The Hall–Kier alpha value is -2.94. The Balaban J connectivity index is 1.66. The van der Waals surface area contributed by atoms with Crippen LogP contribution in [-0.2, 0) is 6.42 Å². The molecule has 0 aliphatic heterocycles.